The maximum Gasteiger partial charge on any atom is 0.298 e. The van der Waals surface area contributed by atoms with Crippen LogP contribution in [0.4, 0.5) is 5.69 Å². The number of hydrogen-bond donors (Lipinski definition) is 0. The average Bonchev–Trinajstić information content (AvgIpc) is 2.61. The van der Waals surface area contributed by atoms with Crippen molar-refractivity contribution in [3.8, 4) is 5.75 Å². The van der Waals surface area contributed by atoms with Crippen molar-refractivity contribution in [3.63, 3.8) is 0 Å². The first-order valence-corrected chi connectivity index (χ1v) is 4.49. The van der Waals surface area contributed by atoms with Crippen molar-refractivity contribution in [2.24, 2.45) is 0 Å². The third-order valence-corrected chi connectivity index (χ3v) is 2.09. The van der Waals surface area contributed by atoms with Crippen molar-refractivity contribution in [1.29, 1.82) is 0 Å². The number of rotatable bonds is 3. The Morgan fingerprint density at radius 2 is 1.56 bits per heavy atom. The monoisotopic (exact) mass is 217 g/mol. The van der Waals surface area contributed by atoms with E-state index >= 15 is 0 Å². The molecule has 1 aliphatic rings. The van der Waals surface area contributed by atoms with E-state index in [4.69, 9.17) is 0 Å². The van der Waals surface area contributed by atoms with Gasteiger partial charge in [-0.05, 0) is 24.3 Å². The van der Waals surface area contributed by atoms with Crippen molar-refractivity contribution >= 4 is 24.0 Å². The molecule has 1 aliphatic heterocycles. The highest BCUT2D eigenvalue weighted by Gasteiger charge is 2.24. The Morgan fingerprint density at radius 1 is 1.00 bits per heavy atom. The minimum Gasteiger partial charge on any atom is -0.429 e. The van der Waals surface area contributed by atoms with Gasteiger partial charge in [-0.1, -0.05) is 0 Å². The molecular weight excluding hydrogens is 210 g/mol. The molecule has 1 heterocycles. The van der Waals surface area contributed by atoms with Crippen molar-refractivity contribution in [2.75, 3.05) is 4.90 Å². The van der Waals surface area contributed by atoms with Crippen molar-refractivity contribution in [2.45, 2.75) is 0 Å². The molecule has 2 amide bonds. The van der Waals surface area contributed by atoms with Gasteiger partial charge in [-0.15, -0.1) is 0 Å². The van der Waals surface area contributed by atoms with Crippen LogP contribution in [0.15, 0.2) is 36.4 Å². The highest BCUT2D eigenvalue weighted by molar-refractivity contribution is 6.28. The van der Waals surface area contributed by atoms with E-state index in [0.717, 1.165) is 4.90 Å². The van der Waals surface area contributed by atoms with E-state index in [0.29, 0.717) is 17.9 Å². The normalized spacial score (nSPS) is 14.4. The Hall–Kier alpha value is -2.43. The number of amides is 2. The molecule has 1 aromatic rings. The minimum absolute atomic E-state index is 0.308. The number of hydrogen-bond acceptors (Lipinski definition) is 4. The summed E-state index contributed by atoms with van der Waals surface area (Å²) in [5, 5.41) is 0. The summed E-state index contributed by atoms with van der Waals surface area (Å²) in [5.41, 5.74) is 0.443. The van der Waals surface area contributed by atoms with Gasteiger partial charge in [-0.3, -0.25) is 14.4 Å². The fourth-order valence-corrected chi connectivity index (χ4v) is 1.38. The number of anilines is 1. The van der Waals surface area contributed by atoms with E-state index < -0.39 is 0 Å². The molecule has 0 bridgehead atoms. The van der Waals surface area contributed by atoms with Crippen molar-refractivity contribution in [1.82, 2.24) is 0 Å². The lowest BCUT2D eigenvalue weighted by Crippen LogP contribution is -2.29. The molecule has 80 valence electrons. The summed E-state index contributed by atoms with van der Waals surface area (Å²) in [6.07, 6.45) is 2.41. The summed E-state index contributed by atoms with van der Waals surface area (Å²) in [7, 11) is 0. The van der Waals surface area contributed by atoms with Crippen LogP contribution in [0.25, 0.3) is 0 Å². The first-order chi connectivity index (χ1) is 7.72. The van der Waals surface area contributed by atoms with Gasteiger partial charge in [0.25, 0.3) is 18.3 Å². The lowest BCUT2D eigenvalue weighted by atomic mass is 10.3. The van der Waals surface area contributed by atoms with Crippen LogP contribution in [0, 0.1) is 0 Å². The fraction of sp³-hybridized carbons (Fsp3) is 0. The van der Waals surface area contributed by atoms with Gasteiger partial charge in [0, 0.05) is 12.2 Å². The Labute approximate surface area is 90.9 Å². The number of carbonyl (C=O) groups excluding carboxylic acids is 3. The number of benzene rings is 1. The van der Waals surface area contributed by atoms with Crippen LogP contribution in [-0.2, 0) is 14.4 Å². The van der Waals surface area contributed by atoms with E-state index in [9.17, 15) is 14.4 Å². The standard InChI is InChI=1S/C11H7NO4/c13-7-16-9-3-1-8(2-4-9)12-10(14)5-6-11(12)15/h1-7H. The Balaban J connectivity index is 2.25. The summed E-state index contributed by atoms with van der Waals surface area (Å²) in [6, 6.07) is 6.06. The molecular formula is C11H7NO4. The van der Waals surface area contributed by atoms with Crippen LogP contribution in [0.3, 0.4) is 0 Å². The van der Waals surface area contributed by atoms with E-state index in [2.05, 4.69) is 4.74 Å². The first kappa shape index (κ1) is 10.1. The molecule has 5 heteroatoms. The van der Waals surface area contributed by atoms with Gasteiger partial charge >= 0.3 is 0 Å². The third-order valence-electron chi connectivity index (χ3n) is 2.09. The van der Waals surface area contributed by atoms with Crippen molar-refractivity contribution in [3.05, 3.63) is 36.4 Å². The van der Waals surface area contributed by atoms with Crippen LogP contribution in [0.2, 0.25) is 0 Å². The molecule has 0 N–H and O–H groups in total. The molecule has 0 atom stereocenters. The van der Waals surface area contributed by atoms with Gasteiger partial charge < -0.3 is 4.74 Å². The second kappa shape index (κ2) is 3.98. The zero-order valence-corrected chi connectivity index (χ0v) is 8.12. The highest BCUT2D eigenvalue weighted by Crippen LogP contribution is 2.21. The number of ether oxygens (including phenoxy) is 1. The number of imide groups is 1. The SMILES string of the molecule is O=COc1ccc(N2C(=O)C=CC2=O)cc1. The molecule has 0 radical (unpaired) electrons. The van der Waals surface area contributed by atoms with Gasteiger partial charge in [0.1, 0.15) is 5.75 Å². The highest BCUT2D eigenvalue weighted by atomic mass is 16.5. The lowest BCUT2D eigenvalue weighted by Gasteiger charge is -2.13. The van der Waals surface area contributed by atoms with Crippen LogP contribution >= 0.6 is 0 Å². The summed E-state index contributed by atoms with van der Waals surface area (Å²) in [5.74, 6) is -0.408. The first-order valence-electron chi connectivity index (χ1n) is 4.49. The molecule has 0 fully saturated rings. The molecule has 1 aromatic carbocycles. The molecule has 16 heavy (non-hydrogen) atoms. The van der Waals surface area contributed by atoms with Crippen LogP contribution in [-0.4, -0.2) is 18.3 Å². The summed E-state index contributed by atoms with van der Waals surface area (Å²) in [6.45, 7) is 0.308. The van der Waals surface area contributed by atoms with Gasteiger partial charge in [0.15, 0.2) is 0 Å². The van der Waals surface area contributed by atoms with Crippen LogP contribution in [0.5, 0.6) is 5.75 Å². The molecule has 0 saturated heterocycles. The quantitative estimate of drug-likeness (QED) is 0.551. The number of nitrogens with zero attached hydrogens (tertiary/aromatic N) is 1. The van der Waals surface area contributed by atoms with Gasteiger partial charge in [-0.2, -0.15) is 0 Å². The average molecular weight is 217 g/mol. The van der Waals surface area contributed by atoms with E-state index in [-0.39, 0.29) is 11.8 Å². The lowest BCUT2D eigenvalue weighted by molar-refractivity contribution is -0.121. The fourth-order valence-electron chi connectivity index (χ4n) is 1.38. The smallest absolute Gasteiger partial charge is 0.298 e. The maximum atomic E-state index is 11.3. The predicted octanol–water partition coefficient (Wildman–Crippen LogP) is 0.651. The van der Waals surface area contributed by atoms with Gasteiger partial charge in [0.2, 0.25) is 0 Å². The summed E-state index contributed by atoms with van der Waals surface area (Å²) < 4.78 is 4.59. The molecule has 0 unspecified atom stereocenters. The Bertz CT molecular complexity index is 457. The third kappa shape index (κ3) is 1.70. The Kier molecular flexibility index (Phi) is 2.51. The maximum absolute atomic E-state index is 11.3. The molecule has 0 aromatic heterocycles. The van der Waals surface area contributed by atoms with Gasteiger partial charge in [0.05, 0.1) is 5.69 Å². The van der Waals surface area contributed by atoms with E-state index in [1.807, 2.05) is 0 Å². The summed E-state index contributed by atoms with van der Waals surface area (Å²) >= 11 is 0. The van der Waals surface area contributed by atoms with Crippen molar-refractivity contribution < 1.29 is 19.1 Å². The largest absolute Gasteiger partial charge is 0.429 e. The molecule has 5 nitrogen and oxygen atoms in total. The summed E-state index contributed by atoms with van der Waals surface area (Å²) in [4.78, 5) is 33.8. The minimum atomic E-state index is -0.381. The molecule has 0 saturated carbocycles. The molecule has 2 rings (SSSR count). The topological polar surface area (TPSA) is 63.7 Å². The number of carbonyl (C=O) groups is 3. The van der Waals surface area contributed by atoms with Gasteiger partial charge in [-0.25, -0.2) is 4.90 Å². The second-order valence-electron chi connectivity index (χ2n) is 3.05. The van der Waals surface area contributed by atoms with E-state index in [1.165, 1.54) is 36.4 Å². The predicted molar refractivity (Wildman–Crippen MR) is 54.8 cm³/mol. The van der Waals surface area contributed by atoms with E-state index in [1.54, 1.807) is 0 Å². The zero-order valence-electron chi connectivity index (χ0n) is 8.12. The second-order valence-corrected chi connectivity index (χ2v) is 3.05. The van der Waals surface area contributed by atoms with Crippen LogP contribution in [0.1, 0.15) is 0 Å². The molecule has 0 spiro atoms. The molecule has 0 aliphatic carbocycles. The van der Waals surface area contributed by atoms with Crippen LogP contribution < -0.4 is 9.64 Å². The Morgan fingerprint density at radius 3 is 2.06 bits per heavy atom. The zero-order chi connectivity index (χ0) is 11.5.